The Kier molecular flexibility index (Phi) is 4.55. The van der Waals surface area contributed by atoms with Crippen molar-refractivity contribution in [2.24, 2.45) is 0 Å². The molecule has 7 heteroatoms. The van der Waals surface area contributed by atoms with Gasteiger partial charge in [-0.1, -0.05) is 11.6 Å². The molecule has 0 atom stereocenters. The van der Waals surface area contributed by atoms with Crippen LogP contribution in [0.15, 0.2) is 23.0 Å². The molecular weight excluding hydrogens is 294 g/mol. The van der Waals surface area contributed by atoms with Crippen molar-refractivity contribution < 1.29 is 9.53 Å². The van der Waals surface area contributed by atoms with E-state index >= 15 is 0 Å². The van der Waals surface area contributed by atoms with Crippen LogP contribution in [0.2, 0.25) is 5.02 Å². The number of hydrogen-bond donors (Lipinski definition) is 0. The van der Waals surface area contributed by atoms with Crippen molar-refractivity contribution in [1.82, 2.24) is 9.55 Å². The highest BCUT2D eigenvalue weighted by Gasteiger charge is 2.18. The molecule has 0 amide bonds. The fraction of sp³-hybridized carbons (Fsp3) is 0.286. The van der Waals surface area contributed by atoms with E-state index in [1.807, 2.05) is 6.07 Å². The molecule has 108 valence electrons. The predicted octanol–water partition coefficient (Wildman–Crippen LogP) is 2.14. The van der Waals surface area contributed by atoms with Crippen LogP contribution in [0, 0.1) is 11.3 Å². The first-order valence-corrected chi connectivity index (χ1v) is 6.70. The minimum absolute atomic E-state index is 0.0684. The number of ether oxygens (including phenoxy) is 1. The van der Waals surface area contributed by atoms with Crippen molar-refractivity contribution in [3.05, 3.63) is 39.4 Å². The van der Waals surface area contributed by atoms with E-state index in [0.29, 0.717) is 15.9 Å². The summed E-state index contributed by atoms with van der Waals surface area (Å²) in [4.78, 5) is 28.6. The molecule has 0 N–H and O–H groups in total. The lowest BCUT2D eigenvalue weighted by atomic mass is 10.2. The Balaban J connectivity index is 2.70. The highest BCUT2D eigenvalue weighted by atomic mass is 35.5. The van der Waals surface area contributed by atoms with Crippen LogP contribution in [0.4, 0.5) is 0 Å². The fourth-order valence-corrected chi connectivity index (χ4v) is 2.09. The van der Waals surface area contributed by atoms with Gasteiger partial charge in [0, 0.05) is 11.6 Å². The van der Waals surface area contributed by atoms with Crippen molar-refractivity contribution in [2.75, 3.05) is 6.61 Å². The normalized spacial score (nSPS) is 10.3. The SMILES string of the molecule is CCOC(=O)c1nc2ccc(Cl)cc2c(=O)n1CCC#N. The molecule has 0 spiro atoms. The summed E-state index contributed by atoms with van der Waals surface area (Å²) in [6.07, 6.45) is 0.0834. The van der Waals surface area contributed by atoms with Crippen LogP contribution in [-0.2, 0) is 11.3 Å². The van der Waals surface area contributed by atoms with Gasteiger partial charge in [-0.15, -0.1) is 0 Å². The molecule has 0 aliphatic carbocycles. The van der Waals surface area contributed by atoms with Gasteiger partial charge in [0.1, 0.15) is 0 Å². The molecule has 0 saturated carbocycles. The lowest BCUT2D eigenvalue weighted by Gasteiger charge is -2.11. The molecule has 6 nitrogen and oxygen atoms in total. The number of fused-ring (bicyclic) bond motifs is 1. The lowest BCUT2D eigenvalue weighted by Crippen LogP contribution is -2.29. The molecule has 0 saturated heterocycles. The lowest BCUT2D eigenvalue weighted by molar-refractivity contribution is 0.0504. The molecule has 0 bridgehead atoms. The zero-order valence-corrected chi connectivity index (χ0v) is 12.1. The zero-order chi connectivity index (χ0) is 15.4. The third-order valence-corrected chi connectivity index (χ3v) is 3.06. The average molecular weight is 306 g/mol. The minimum Gasteiger partial charge on any atom is -0.460 e. The maximum atomic E-state index is 12.5. The second-order valence-electron chi connectivity index (χ2n) is 4.18. The number of halogens is 1. The van der Waals surface area contributed by atoms with E-state index in [9.17, 15) is 9.59 Å². The van der Waals surface area contributed by atoms with Gasteiger partial charge in [0.05, 0.1) is 30.0 Å². The van der Waals surface area contributed by atoms with Gasteiger partial charge in [-0.2, -0.15) is 5.26 Å². The summed E-state index contributed by atoms with van der Waals surface area (Å²) >= 11 is 5.88. The fourth-order valence-electron chi connectivity index (χ4n) is 1.91. The van der Waals surface area contributed by atoms with Crippen molar-refractivity contribution in [3.8, 4) is 6.07 Å². The maximum absolute atomic E-state index is 12.5. The third-order valence-electron chi connectivity index (χ3n) is 2.82. The maximum Gasteiger partial charge on any atom is 0.374 e. The molecule has 0 radical (unpaired) electrons. The van der Waals surface area contributed by atoms with E-state index in [1.165, 1.54) is 6.07 Å². The summed E-state index contributed by atoms with van der Waals surface area (Å²) in [6.45, 7) is 1.90. The molecule has 2 aromatic rings. The number of aromatic nitrogens is 2. The van der Waals surface area contributed by atoms with Crippen LogP contribution in [0.3, 0.4) is 0 Å². The third kappa shape index (κ3) is 3.03. The number of esters is 1. The van der Waals surface area contributed by atoms with E-state index < -0.39 is 11.5 Å². The molecule has 1 aromatic carbocycles. The average Bonchev–Trinajstić information content (AvgIpc) is 2.47. The standard InChI is InChI=1S/C14H12ClN3O3/c1-2-21-14(20)12-17-11-5-4-9(15)8-10(11)13(19)18(12)7-3-6-16/h4-5,8H,2-3,7H2,1H3. The van der Waals surface area contributed by atoms with Crippen molar-refractivity contribution in [2.45, 2.75) is 19.9 Å². The van der Waals surface area contributed by atoms with Gasteiger partial charge in [0.15, 0.2) is 0 Å². The molecule has 21 heavy (non-hydrogen) atoms. The first kappa shape index (κ1) is 15.0. The zero-order valence-electron chi connectivity index (χ0n) is 11.3. The van der Waals surface area contributed by atoms with Gasteiger partial charge in [0.2, 0.25) is 5.82 Å². The molecule has 0 aliphatic heterocycles. The predicted molar refractivity (Wildman–Crippen MR) is 77.2 cm³/mol. The van der Waals surface area contributed by atoms with Crippen LogP contribution in [-0.4, -0.2) is 22.1 Å². The van der Waals surface area contributed by atoms with Gasteiger partial charge in [0.25, 0.3) is 5.56 Å². The Bertz CT molecular complexity index is 792. The number of nitrogens with zero attached hydrogens (tertiary/aromatic N) is 3. The number of carbonyl (C=O) groups excluding carboxylic acids is 1. The van der Waals surface area contributed by atoms with Crippen molar-refractivity contribution in [3.63, 3.8) is 0 Å². The first-order valence-electron chi connectivity index (χ1n) is 6.32. The number of benzene rings is 1. The van der Waals surface area contributed by atoms with Gasteiger partial charge in [-0.05, 0) is 25.1 Å². The van der Waals surface area contributed by atoms with E-state index in [2.05, 4.69) is 4.98 Å². The monoisotopic (exact) mass is 305 g/mol. The van der Waals surface area contributed by atoms with E-state index in [1.54, 1.807) is 19.1 Å². The molecule has 2 rings (SSSR count). The smallest absolute Gasteiger partial charge is 0.374 e. The number of hydrogen-bond acceptors (Lipinski definition) is 5. The van der Waals surface area contributed by atoms with Gasteiger partial charge < -0.3 is 4.74 Å². The second kappa shape index (κ2) is 6.37. The topological polar surface area (TPSA) is 85.0 Å². The summed E-state index contributed by atoms with van der Waals surface area (Å²) < 4.78 is 6.06. The summed E-state index contributed by atoms with van der Waals surface area (Å²) in [6, 6.07) is 6.58. The summed E-state index contributed by atoms with van der Waals surface area (Å²) in [5, 5.41) is 9.39. The Hall–Kier alpha value is -2.39. The van der Waals surface area contributed by atoms with Crippen LogP contribution < -0.4 is 5.56 Å². The van der Waals surface area contributed by atoms with E-state index in [4.69, 9.17) is 21.6 Å². The van der Waals surface area contributed by atoms with Crippen LogP contribution in [0.5, 0.6) is 0 Å². The molecule has 0 fully saturated rings. The Morgan fingerprint density at radius 1 is 1.52 bits per heavy atom. The number of rotatable bonds is 4. The van der Waals surface area contributed by atoms with Gasteiger partial charge in [-0.3, -0.25) is 9.36 Å². The number of nitriles is 1. The summed E-state index contributed by atoms with van der Waals surface area (Å²) in [5.74, 6) is -0.795. The van der Waals surface area contributed by atoms with Crippen molar-refractivity contribution >= 4 is 28.5 Å². The van der Waals surface area contributed by atoms with E-state index in [-0.39, 0.29) is 25.4 Å². The largest absolute Gasteiger partial charge is 0.460 e. The molecule has 0 unspecified atom stereocenters. The number of carbonyl (C=O) groups is 1. The van der Waals surface area contributed by atoms with Crippen LogP contribution in [0.1, 0.15) is 24.0 Å². The Morgan fingerprint density at radius 2 is 2.29 bits per heavy atom. The summed E-state index contributed by atoms with van der Waals surface area (Å²) in [5.41, 5.74) is -0.0542. The first-order chi connectivity index (χ1) is 10.1. The Morgan fingerprint density at radius 3 is 2.95 bits per heavy atom. The highest BCUT2D eigenvalue weighted by molar-refractivity contribution is 6.31. The molecule has 1 aromatic heterocycles. The van der Waals surface area contributed by atoms with Crippen molar-refractivity contribution in [1.29, 1.82) is 5.26 Å². The van der Waals surface area contributed by atoms with E-state index in [0.717, 1.165) is 4.57 Å². The molecule has 0 aliphatic rings. The van der Waals surface area contributed by atoms with Gasteiger partial charge >= 0.3 is 5.97 Å². The molecular formula is C14H12ClN3O3. The van der Waals surface area contributed by atoms with Gasteiger partial charge in [-0.25, -0.2) is 9.78 Å². The Labute approximate surface area is 125 Å². The highest BCUT2D eigenvalue weighted by Crippen LogP contribution is 2.15. The van der Waals surface area contributed by atoms with Crippen LogP contribution >= 0.6 is 11.6 Å². The quantitative estimate of drug-likeness (QED) is 0.808. The minimum atomic E-state index is -0.690. The molecule has 1 heterocycles. The second-order valence-corrected chi connectivity index (χ2v) is 4.62. The van der Waals surface area contributed by atoms with Crippen LogP contribution in [0.25, 0.3) is 10.9 Å². The summed E-state index contributed by atoms with van der Waals surface area (Å²) in [7, 11) is 0.